The van der Waals surface area contributed by atoms with E-state index < -0.39 is 28.9 Å². The number of nitrogens with one attached hydrogen (secondary N) is 2. The summed E-state index contributed by atoms with van der Waals surface area (Å²) in [6, 6.07) is 13.4. The van der Waals surface area contributed by atoms with Crippen molar-refractivity contribution in [1.82, 2.24) is 15.5 Å². The van der Waals surface area contributed by atoms with Crippen molar-refractivity contribution < 1.29 is 23.6 Å². The average Bonchev–Trinajstić information content (AvgIpc) is 3.06. The second kappa shape index (κ2) is 10.9. The largest absolute Gasteiger partial charge is 0.353 e. The molecule has 9 heteroatoms. The molecule has 2 aromatic carbocycles. The number of benzene rings is 2. The molecule has 1 atom stereocenters. The van der Waals surface area contributed by atoms with Crippen LogP contribution in [0, 0.1) is 11.7 Å². The summed E-state index contributed by atoms with van der Waals surface area (Å²) >= 11 is 0.792. The van der Waals surface area contributed by atoms with E-state index in [4.69, 9.17) is 0 Å². The molecule has 3 rings (SSSR count). The van der Waals surface area contributed by atoms with Gasteiger partial charge in [-0.1, -0.05) is 44.2 Å². The third-order valence-corrected chi connectivity index (χ3v) is 5.86. The van der Waals surface area contributed by atoms with Crippen LogP contribution in [0.3, 0.4) is 0 Å². The van der Waals surface area contributed by atoms with Crippen molar-refractivity contribution in [3.05, 3.63) is 76.4 Å². The highest BCUT2D eigenvalue weighted by Crippen LogP contribution is 2.31. The molecular formula is C24H24FN3O4S. The Morgan fingerprint density at radius 1 is 1.06 bits per heavy atom. The Morgan fingerprint density at radius 3 is 2.36 bits per heavy atom. The van der Waals surface area contributed by atoms with Crippen LogP contribution in [0.25, 0.3) is 6.08 Å². The zero-order valence-corrected chi connectivity index (χ0v) is 19.0. The van der Waals surface area contributed by atoms with Crippen molar-refractivity contribution in [2.24, 2.45) is 5.92 Å². The first-order valence-electron chi connectivity index (χ1n) is 10.4. The first-order valence-corrected chi connectivity index (χ1v) is 11.2. The lowest BCUT2D eigenvalue weighted by molar-refractivity contribution is -0.125. The van der Waals surface area contributed by atoms with Gasteiger partial charge in [0.25, 0.3) is 17.1 Å². The van der Waals surface area contributed by atoms with Crippen molar-refractivity contribution in [2.75, 3.05) is 13.1 Å². The third kappa shape index (κ3) is 6.29. The second-order valence-electron chi connectivity index (χ2n) is 7.74. The maximum atomic E-state index is 13.1. The van der Waals surface area contributed by atoms with E-state index in [2.05, 4.69) is 10.6 Å². The fraction of sp³-hybridized carbons (Fsp3) is 0.250. The van der Waals surface area contributed by atoms with E-state index >= 15 is 0 Å². The lowest BCUT2D eigenvalue weighted by Gasteiger charge is -2.22. The van der Waals surface area contributed by atoms with Crippen LogP contribution in [0.4, 0.5) is 9.18 Å². The van der Waals surface area contributed by atoms with Gasteiger partial charge in [0.2, 0.25) is 5.91 Å². The van der Waals surface area contributed by atoms with Crippen LogP contribution in [0.15, 0.2) is 59.5 Å². The van der Waals surface area contributed by atoms with Crippen LogP contribution in [-0.4, -0.2) is 47.0 Å². The van der Waals surface area contributed by atoms with Gasteiger partial charge in [-0.15, -0.1) is 0 Å². The number of halogens is 1. The van der Waals surface area contributed by atoms with Crippen LogP contribution in [0.5, 0.6) is 0 Å². The molecule has 1 aliphatic rings. The van der Waals surface area contributed by atoms with E-state index in [9.17, 15) is 23.6 Å². The Hall–Kier alpha value is -3.46. The Labute approximate surface area is 195 Å². The topological polar surface area (TPSA) is 95.6 Å². The fourth-order valence-electron chi connectivity index (χ4n) is 3.15. The number of amides is 4. The summed E-state index contributed by atoms with van der Waals surface area (Å²) in [7, 11) is 0. The average molecular weight is 470 g/mol. The standard InChI is InChI=1S/C24H24FN3O4S/c1-15(2)20(27-21(29)17-6-4-3-5-7-17)22(30)26-12-13-28-23(31)19(33-24(28)32)14-16-8-10-18(25)11-9-16/h3-11,14-15,20H,12-13H2,1-2H3,(H,26,30)(H,27,29)/b19-14-. The van der Waals surface area contributed by atoms with Gasteiger partial charge in [0.1, 0.15) is 11.9 Å². The molecule has 2 aromatic rings. The van der Waals surface area contributed by atoms with E-state index in [0.29, 0.717) is 11.1 Å². The van der Waals surface area contributed by atoms with Crippen molar-refractivity contribution in [1.29, 1.82) is 0 Å². The lowest BCUT2D eigenvalue weighted by atomic mass is 10.0. The van der Waals surface area contributed by atoms with Crippen LogP contribution >= 0.6 is 11.8 Å². The quantitative estimate of drug-likeness (QED) is 0.578. The molecule has 0 radical (unpaired) electrons. The normalized spacial score (nSPS) is 15.8. The van der Waals surface area contributed by atoms with Gasteiger partial charge in [0.15, 0.2) is 0 Å². The van der Waals surface area contributed by atoms with E-state index in [1.54, 1.807) is 30.3 Å². The number of hydrogen-bond acceptors (Lipinski definition) is 5. The maximum Gasteiger partial charge on any atom is 0.293 e. The van der Waals surface area contributed by atoms with Gasteiger partial charge >= 0.3 is 0 Å². The molecule has 0 bridgehead atoms. The summed E-state index contributed by atoms with van der Waals surface area (Å²) in [5, 5.41) is 4.97. The van der Waals surface area contributed by atoms with Crippen LogP contribution < -0.4 is 10.6 Å². The van der Waals surface area contributed by atoms with E-state index in [-0.39, 0.29) is 29.8 Å². The summed E-state index contributed by atoms with van der Waals surface area (Å²) in [6.07, 6.45) is 1.52. The second-order valence-corrected chi connectivity index (χ2v) is 8.73. The Bertz CT molecular complexity index is 1070. The highest BCUT2D eigenvalue weighted by atomic mass is 32.2. The van der Waals surface area contributed by atoms with E-state index in [1.165, 1.54) is 30.3 Å². The zero-order chi connectivity index (χ0) is 24.0. The van der Waals surface area contributed by atoms with Crippen molar-refractivity contribution in [2.45, 2.75) is 19.9 Å². The van der Waals surface area contributed by atoms with Crippen molar-refractivity contribution in [3.8, 4) is 0 Å². The highest BCUT2D eigenvalue weighted by Gasteiger charge is 2.35. The van der Waals surface area contributed by atoms with Gasteiger partial charge in [-0.25, -0.2) is 4.39 Å². The number of hydrogen-bond donors (Lipinski definition) is 2. The van der Waals surface area contributed by atoms with Gasteiger partial charge in [-0.05, 0) is 53.6 Å². The number of nitrogens with zero attached hydrogens (tertiary/aromatic N) is 1. The van der Waals surface area contributed by atoms with Crippen molar-refractivity contribution >= 4 is 40.8 Å². The number of imide groups is 1. The van der Waals surface area contributed by atoms with Gasteiger partial charge in [0.05, 0.1) is 4.91 Å². The van der Waals surface area contributed by atoms with Crippen molar-refractivity contribution in [3.63, 3.8) is 0 Å². The predicted octanol–water partition coefficient (Wildman–Crippen LogP) is 3.43. The summed E-state index contributed by atoms with van der Waals surface area (Å²) in [5.74, 6) is -1.80. The molecule has 1 unspecified atom stereocenters. The van der Waals surface area contributed by atoms with Gasteiger partial charge in [-0.2, -0.15) is 0 Å². The number of carbonyl (C=O) groups is 4. The molecular weight excluding hydrogens is 445 g/mol. The minimum atomic E-state index is -0.772. The fourth-order valence-corrected chi connectivity index (χ4v) is 4.02. The summed E-state index contributed by atoms with van der Waals surface area (Å²) in [4.78, 5) is 51.2. The monoisotopic (exact) mass is 469 g/mol. The Morgan fingerprint density at radius 2 is 1.73 bits per heavy atom. The predicted molar refractivity (Wildman–Crippen MR) is 125 cm³/mol. The minimum absolute atomic E-state index is 0.00535. The number of carbonyl (C=O) groups excluding carboxylic acids is 4. The van der Waals surface area contributed by atoms with Gasteiger partial charge < -0.3 is 10.6 Å². The molecule has 1 fully saturated rings. The van der Waals surface area contributed by atoms with Crippen LogP contribution in [-0.2, 0) is 9.59 Å². The van der Waals surface area contributed by atoms with Gasteiger partial charge in [-0.3, -0.25) is 24.1 Å². The third-order valence-electron chi connectivity index (χ3n) is 4.95. The Balaban J connectivity index is 1.56. The first-order chi connectivity index (χ1) is 15.8. The number of thioether (sulfide) groups is 1. The molecule has 1 aliphatic heterocycles. The summed E-state index contributed by atoms with van der Waals surface area (Å²) < 4.78 is 13.1. The molecule has 1 saturated heterocycles. The number of rotatable bonds is 8. The minimum Gasteiger partial charge on any atom is -0.353 e. The first kappa shape index (κ1) is 24.2. The lowest BCUT2D eigenvalue weighted by Crippen LogP contribution is -2.51. The zero-order valence-electron chi connectivity index (χ0n) is 18.2. The molecule has 0 spiro atoms. The van der Waals surface area contributed by atoms with E-state index in [1.807, 2.05) is 13.8 Å². The molecule has 7 nitrogen and oxygen atoms in total. The molecule has 2 N–H and O–H groups in total. The summed E-state index contributed by atoms with van der Waals surface area (Å²) in [6.45, 7) is 3.66. The molecule has 0 aromatic heterocycles. The highest BCUT2D eigenvalue weighted by molar-refractivity contribution is 8.18. The Kier molecular flexibility index (Phi) is 8.00. The van der Waals surface area contributed by atoms with Crippen LogP contribution in [0.1, 0.15) is 29.8 Å². The molecule has 0 aliphatic carbocycles. The SMILES string of the molecule is CC(C)C(NC(=O)c1ccccc1)C(=O)NCCN1C(=O)S/C(=C\c2ccc(F)cc2)C1=O. The summed E-state index contributed by atoms with van der Waals surface area (Å²) in [5.41, 5.74) is 1.05. The maximum absolute atomic E-state index is 13.1. The molecule has 172 valence electrons. The smallest absolute Gasteiger partial charge is 0.293 e. The van der Waals surface area contributed by atoms with Crippen LogP contribution in [0.2, 0.25) is 0 Å². The van der Waals surface area contributed by atoms with Gasteiger partial charge in [0, 0.05) is 18.7 Å². The molecule has 33 heavy (non-hydrogen) atoms. The molecule has 0 saturated carbocycles. The molecule has 1 heterocycles. The molecule has 4 amide bonds. The van der Waals surface area contributed by atoms with E-state index in [0.717, 1.165) is 16.7 Å².